The summed E-state index contributed by atoms with van der Waals surface area (Å²) < 4.78 is 31.0. The first-order valence-electron chi connectivity index (χ1n) is 35.9. The highest BCUT2D eigenvalue weighted by molar-refractivity contribution is 6.38. The number of halogens is 3. The lowest BCUT2D eigenvalue weighted by atomic mass is 9.90. The van der Waals surface area contributed by atoms with Crippen molar-refractivity contribution in [3.05, 3.63) is 261 Å². The van der Waals surface area contributed by atoms with Crippen LogP contribution in [0.2, 0.25) is 10.0 Å². The van der Waals surface area contributed by atoms with Crippen molar-refractivity contribution in [1.29, 1.82) is 0 Å². The fourth-order valence-electron chi connectivity index (χ4n) is 14.8. The van der Waals surface area contributed by atoms with Crippen LogP contribution in [0.4, 0.5) is 4.39 Å². The number of carbonyl (C=O) groups excluding carboxylic acids is 5. The molecule has 1 aliphatic heterocycles. The summed E-state index contributed by atoms with van der Waals surface area (Å²) in [5.41, 5.74) is 6.89. The smallest absolute Gasteiger partial charge is 0.262 e. The maximum absolute atomic E-state index is 13.1. The minimum Gasteiger partial charge on any atom is -0.493 e. The lowest BCUT2D eigenvalue weighted by Gasteiger charge is -2.26. The van der Waals surface area contributed by atoms with Crippen molar-refractivity contribution in [1.82, 2.24) is 53.1 Å². The number of Topliss-reactive ketones (excluding diaryl/α,β-unsaturated/α-hetero) is 4. The minimum atomic E-state index is -0.604. The number of carbonyl (C=O) groups is 5. The third kappa shape index (κ3) is 16.2. The SMILES string of the molecule is C=C1CCC(n2c(C)nc3c(Cl)cc(Cl)cc3c2=O)C(=O)N1.C=C1CCC(n2c(C)nc3cc(OC)c(OC)cc3c2=O)C(=O)C1.C=C1CCC(n2c(C)nc3cc4ccccc4cc3c2=O)C(=O)C1.C=C1CCC(n2cnc3cc(C)ccc3c2=O)C(=O)C1.C=C1CCC(n2cnc3cc(F)ccc3c2=O)C(=O)C1. The predicted octanol–water partition coefficient (Wildman–Crippen LogP) is 14.2. The topological polar surface area (TPSA) is 290 Å². The minimum absolute atomic E-state index is 0.0121. The van der Waals surface area contributed by atoms with Gasteiger partial charge >= 0.3 is 0 Å². The van der Waals surface area contributed by atoms with Gasteiger partial charge in [-0.1, -0.05) is 109 Å². The molecule has 5 atom stereocenters. The first-order chi connectivity index (χ1) is 52.5. The van der Waals surface area contributed by atoms with Gasteiger partial charge in [-0.15, -0.1) is 0 Å². The molecule has 6 heterocycles. The summed E-state index contributed by atoms with van der Waals surface area (Å²) >= 11 is 12.1. The highest BCUT2D eigenvalue weighted by Crippen LogP contribution is 2.35. The molecule has 1 N–H and O–H groups in total. The summed E-state index contributed by atoms with van der Waals surface area (Å²) in [5.74, 6) is 1.93. The number of aryl methyl sites for hydroxylation is 4. The van der Waals surface area contributed by atoms with Crippen molar-refractivity contribution in [2.75, 3.05) is 14.2 Å². The number of hydrogen-bond donors (Lipinski definition) is 1. The third-order valence-electron chi connectivity index (χ3n) is 20.5. The van der Waals surface area contributed by atoms with E-state index >= 15 is 0 Å². The second-order valence-electron chi connectivity index (χ2n) is 28.3. The number of methoxy groups -OCH3 is 2. The lowest BCUT2D eigenvalue weighted by Crippen LogP contribution is -2.41. The van der Waals surface area contributed by atoms with Gasteiger partial charge in [-0.05, 0) is 163 Å². The van der Waals surface area contributed by atoms with E-state index in [1.165, 1.54) is 69.4 Å². The number of nitrogens with zero attached hydrogens (tertiary/aromatic N) is 10. The number of allylic oxidation sites excluding steroid dienone is 5. The lowest BCUT2D eigenvalue weighted by molar-refractivity contribution is -0.125. The van der Waals surface area contributed by atoms with Crippen LogP contribution in [0.5, 0.6) is 11.5 Å². The molecule has 1 saturated heterocycles. The van der Waals surface area contributed by atoms with Gasteiger partial charge in [0.05, 0.1) is 111 Å². The Morgan fingerprint density at radius 2 is 0.864 bits per heavy atom. The van der Waals surface area contributed by atoms with Gasteiger partial charge in [0.1, 0.15) is 29.3 Å². The molecule has 564 valence electrons. The van der Waals surface area contributed by atoms with Crippen molar-refractivity contribution in [3.63, 3.8) is 0 Å². The van der Waals surface area contributed by atoms with E-state index in [0.29, 0.717) is 163 Å². The number of fused-ring (bicyclic) bond motifs is 6. The van der Waals surface area contributed by atoms with Crippen LogP contribution in [-0.4, -0.2) is 91.0 Å². The maximum Gasteiger partial charge on any atom is 0.262 e. The molecule has 0 radical (unpaired) electrons. The second kappa shape index (κ2) is 32.6. The van der Waals surface area contributed by atoms with E-state index in [1.54, 1.807) is 49.6 Å². The van der Waals surface area contributed by atoms with E-state index in [0.717, 1.165) is 64.3 Å². The highest BCUT2D eigenvalue weighted by Gasteiger charge is 2.34. The van der Waals surface area contributed by atoms with Crippen LogP contribution in [0.3, 0.4) is 0 Å². The van der Waals surface area contributed by atoms with E-state index in [9.17, 15) is 52.3 Å². The van der Waals surface area contributed by atoms with Crippen LogP contribution in [0.25, 0.3) is 65.3 Å². The molecule has 5 unspecified atom stereocenters. The van der Waals surface area contributed by atoms with E-state index in [-0.39, 0.29) is 56.8 Å². The monoisotopic (exact) mass is 1520 g/mol. The molecule has 0 spiro atoms. The van der Waals surface area contributed by atoms with Gasteiger partial charge in [-0.25, -0.2) is 29.3 Å². The zero-order valence-corrected chi connectivity index (χ0v) is 63.2. The summed E-state index contributed by atoms with van der Waals surface area (Å²) in [6.07, 6.45) is 10.7. The number of nitrogens with one attached hydrogen (secondary N) is 1. The predicted molar refractivity (Wildman–Crippen MR) is 423 cm³/mol. The number of ether oxygens (including phenoxy) is 2. The van der Waals surface area contributed by atoms with E-state index < -0.39 is 36.0 Å². The average molecular weight is 1530 g/mol. The molecule has 0 bridgehead atoms. The van der Waals surface area contributed by atoms with Gasteiger partial charge in [-0.2, -0.15) is 0 Å². The van der Waals surface area contributed by atoms with Gasteiger partial charge in [-0.3, -0.25) is 70.8 Å². The van der Waals surface area contributed by atoms with Crippen LogP contribution < -0.4 is 42.6 Å². The molecule has 5 fully saturated rings. The van der Waals surface area contributed by atoms with Crippen molar-refractivity contribution in [2.45, 2.75) is 148 Å². The van der Waals surface area contributed by atoms with Crippen LogP contribution in [-0.2, 0) is 24.0 Å². The Labute approximate surface area is 639 Å². The van der Waals surface area contributed by atoms with Crippen molar-refractivity contribution in [2.24, 2.45) is 0 Å². The molecule has 1 amide bonds. The molecule has 11 aromatic rings. The Bertz CT molecular complexity index is 5960. The Morgan fingerprint density at radius 1 is 0.436 bits per heavy atom. The molecule has 16 rings (SSSR count). The molecular weight excluding hydrogens is 1440 g/mol. The normalized spacial score (nSPS) is 18.8. The summed E-state index contributed by atoms with van der Waals surface area (Å²) in [6.45, 7) is 26.4. The van der Waals surface area contributed by atoms with Crippen LogP contribution >= 0.6 is 23.2 Å². The summed E-state index contributed by atoms with van der Waals surface area (Å²) in [5, 5.41) is 7.58. The number of aromatic nitrogens is 10. The number of ketones is 4. The molecule has 4 aliphatic carbocycles. The van der Waals surface area contributed by atoms with E-state index in [1.807, 2.05) is 55.5 Å². The molecule has 110 heavy (non-hydrogen) atoms. The molecule has 5 aliphatic rings. The summed E-state index contributed by atoms with van der Waals surface area (Å²) in [6, 6.07) is 25.1. The van der Waals surface area contributed by atoms with Crippen LogP contribution in [0, 0.1) is 33.5 Å². The molecule has 5 aromatic heterocycles. The van der Waals surface area contributed by atoms with E-state index in [2.05, 4.69) is 63.1 Å². The van der Waals surface area contributed by atoms with Gasteiger partial charge in [0.15, 0.2) is 34.6 Å². The number of amides is 1. The fraction of sp³-hybridized carbons (Fsp3) is 0.298. The van der Waals surface area contributed by atoms with Gasteiger partial charge < -0.3 is 14.8 Å². The van der Waals surface area contributed by atoms with Gasteiger partial charge in [0.2, 0.25) is 5.91 Å². The third-order valence-corrected chi connectivity index (χ3v) is 21.0. The van der Waals surface area contributed by atoms with Crippen LogP contribution in [0.1, 0.15) is 143 Å². The average Bonchev–Trinajstić information content (AvgIpc) is 0.716. The molecule has 26 heteroatoms. The zero-order chi connectivity index (χ0) is 78.8. The highest BCUT2D eigenvalue weighted by atomic mass is 35.5. The second-order valence-corrected chi connectivity index (χ2v) is 29.1. The van der Waals surface area contributed by atoms with Crippen molar-refractivity contribution >= 4 is 118 Å². The summed E-state index contributed by atoms with van der Waals surface area (Å²) in [7, 11) is 3.05. The number of benzene rings is 6. The fourth-order valence-corrected chi connectivity index (χ4v) is 15.4. The van der Waals surface area contributed by atoms with Crippen LogP contribution in [0.15, 0.2) is 195 Å². The Kier molecular flexibility index (Phi) is 23.1. The number of rotatable bonds is 7. The first kappa shape index (κ1) is 77.8. The van der Waals surface area contributed by atoms with Crippen molar-refractivity contribution in [3.8, 4) is 11.5 Å². The zero-order valence-electron chi connectivity index (χ0n) is 61.7. The summed E-state index contributed by atoms with van der Waals surface area (Å²) in [4.78, 5) is 147. The van der Waals surface area contributed by atoms with E-state index in [4.69, 9.17) is 32.7 Å². The maximum atomic E-state index is 13.1. The van der Waals surface area contributed by atoms with Crippen molar-refractivity contribution < 1.29 is 37.8 Å². The first-order valence-corrected chi connectivity index (χ1v) is 36.6. The van der Waals surface area contributed by atoms with Gasteiger partial charge in [0, 0.05) is 48.5 Å². The number of hydrogen-bond acceptors (Lipinski definition) is 17. The Balaban J connectivity index is 0.000000128. The standard InChI is InChI=1S/C20H18N2O2.C18H20N2O4.C16H16N2O2.C15H13Cl2N3O2.C15H13FN2O2/c1-12-7-8-18(19(23)9-12)22-13(2)21-17-11-15-6-4-3-5-14(15)10-16(17)20(22)24;1-10-5-6-14(15(21)7-10)20-11(2)19-13-9-17(24-4)16(23-3)8-12(13)18(20)22;1-10-3-5-12-13(7-10)17-9-18(16(12)20)14-6-4-11(2)8-15(14)19;1-7-3-4-12(14(21)18-7)20-8(2)19-13-10(15(20)22)5-9(16)6-11(13)17;1-9-2-5-13(14(19)6-9)18-8-17-12-7-10(16)3-4-11(12)15(18)20/h3-6,10-11,18H,1,7-9H2,2H3;8-9,14H,1,5-7H2,2-4H3;3,5,7,9,14H,2,4,6,8H2,1H3;5-6,12H,1,3-4H2,2H3,(H,18,21);3-4,7-8,13H,1-2,5-6H2. The quantitative estimate of drug-likeness (QED) is 0.115. The molecule has 4 saturated carbocycles. The molecule has 6 aromatic carbocycles. The number of piperidine rings is 1. The molecule has 23 nitrogen and oxygen atoms in total. The molecular formula is C84H80Cl2FN11O12. The Morgan fingerprint density at radius 3 is 1.36 bits per heavy atom. The largest absolute Gasteiger partial charge is 0.493 e. The van der Waals surface area contributed by atoms with Gasteiger partial charge in [0.25, 0.3) is 27.8 Å². The Hall–Kier alpha value is -11.8.